The molecule has 6 heteroatoms. The minimum absolute atomic E-state index is 0.644. The number of nitrogens with zero attached hydrogens (tertiary/aromatic N) is 3. The highest BCUT2D eigenvalue weighted by molar-refractivity contribution is 7.09. The van der Waals surface area contributed by atoms with E-state index in [0.29, 0.717) is 6.61 Å². The SMILES string of the molecule is COCCc1nsc(Nc2ccc3ccn(C)c3c2)n1. The monoisotopic (exact) mass is 288 g/mol. The number of nitrogens with one attached hydrogen (secondary N) is 1. The van der Waals surface area contributed by atoms with E-state index >= 15 is 0 Å². The van der Waals surface area contributed by atoms with Gasteiger partial charge in [-0.3, -0.25) is 0 Å². The summed E-state index contributed by atoms with van der Waals surface area (Å²) in [7, 11) is 3.72. The van der Waals surface area contributed by atoms with E-state index < -0.39 is 0 Å². The first-order valence-electron chi connectivity index (χ1n) is 6.40. The lowest BCUT2D eigenvalue weighted by molar-refractivity contribution is 0.201. The van der Waals surface area contributed by atoms with Gasteiger partial charge in [0.25, 0.3) is 0 Å². The van der Waals surface area contributed by atoms with E-state index in [9.17, 15) is 0 Å². The fourth-order valence-electron chi connectivity index (χ4n) is 2.06. The van der Waals surface area contributed by atoms with Crippen molar-refractivity contribution in [3.63, 3.8) is 0 Å². The molecule has 5 nitrogen and oxygen atoms in total. The number of aromatic nitrogens is 3. The highest BCUT2D eigenvalue weighted by Crippen LogP contribution is 2.23. The molecule has 0 aliphatic carbocycles. The van der Waals surface area contributed by atoms with E-state index in [-0.39, 0.29) is 0 Å². The van der Waals surface area contributed by atoms with Gasteiger partial charge in [0.05, 0.1) is 6.61 Å². The van der Waals surface area contributed by atoms with Gasteiger partial charge in [0.15, 0.2) is 0 Å². The third-order valence-electron chi connectivity index (χ3n) is 3.14. The molecule has 1 aromatic carbocycles. The maximum atomic E-state index is 5.03. The van der Waals surface area contributed by atoms with Crippen LogP contribution in [0.25, 0.3) is 10.9 Å². The molecule has 0 saturated heterocycles. The Bertz CT molecular complexity index is 719. The third kappa shape index (κ3) is 2.66. The fraction of sp³-hybridized carbons (Fsp3) is 0.286. The van der Waals surface area contributed by atoms with E-state index in [1.54, 1.807) is 7.11 Å². The van der Waals surface area contributed by atoms with Gasteiger partial charge in [-0.2, -0.15) is 4.37 Å². The summed E-state index contributed by atoms with van der Waals surface area (Å²) in [4.78, 5) is 4.44. The highest BCUT2D eigenvalue weighted by atomic mass is 32.1. The quantitative estimate of drug-likeness (QED) is 0.784. The third-order valence-corrected chi connectivity index (χ3v) is 3.81. The molecule has 0 saturated carbocycles. The Morgan fingerprint density at radius 1 is 1.35 bits per heavy atom. The average molecular weight is 288 g/mol. The summed E-state index contributed by atoms with van der Waals surface area (Å²) in [5, 5.41) is 5.34. The fourth-order valence-corrected chi connectivity index (χ4v) is 2.70. The number of rotatable bonds is 5. The Hall–Kier alpha value is -1.92. The van der Waals surface area contributed by atoms with Gasteiger partial charge in [-0.05, 0) is 23.6 Å². The van der Waals surface area contributed by atoms with Gasteiger partial charge in [-0.15, -0.1) is 0 Å². The Kier molecular flexibility index (Phi) is 3.66. The van der Waals surface area contributed by atoms with Crippen molar-refractivity contribution in [3.8, 4) is 0 Å². The maximum Gasteiger partial charge on any atom is 0.207 e. The first-order valence-corrected chi connectivity index (χ1v) is 7.17. The Morgan fingerprint density at radius 2 is 2.25 bits per heavy atom. The first kappa shape index (κ1) is 13.1. The number of aryl methyl sites for hydroxylation is 1. The number of fused-ring (bicyclic) bond motifs is 1. The zero-order valence-corrected chi connectivity index (χ0v) is 12.3. The Labute approximate surface area is 121 Å². The van der Waals surface area contributed by atoms with Crippen molar-refractivity contribution in [1.82, 2.24) is 13.9 Å². The minimum atomic E-state index is 0.644. The lowest BCUT2D eigenvalue weighted by Crippen LogP contribution is -1.97. The van der Waals surface area contributed by atoms with Gasteiger partial charge < -0.3 is 14.6 Å². The zero-order valence-electron chi connectivity index (χ0n) is 11.5. The molecule has 0 bridgehead atoms. The number of benzene rings is 1. The van der Waals surface area contributed by atoms with Crippen LogP contribution in [0.4, 0.5) is 10.8 Å². The number of ether oxygens (including phenoxy) is 1. The molecule has 0 amide bonds. The van der Waals surface area contributed by atoms with Crippen molar-refractivity contribution < 1.29 is 4.74 Å². The molecule has 104 valence electrons. The van der Waals surface area contributed by atoms with Crippen LogP contribution in [-0.2, 0) is 18.2 Å². The molecule has 0 radical (unpaired) electrons. The van der Waals surface area contributed by atoms with Crippen molar-refractivity contribution in [3.05, 3.63) is 36.3 Å². The minimum Gasteiger partial charge on any atom is -0.384 e. The van der Waals surface area contributed by atoms with Crippen LogP contribution >= 0.6 is 11.5 Å². The molecule has 3 aromatic rings. The summed E-state index contributed by atoms with van der Waals surface area (Å²) in [6.45, 7) is 0.644. The first-order chi connectivity index (χ1) is 9.76. The second kappa shape index (κ2) is 5.60. The molecule has 0 spiro atoms. The standard InChI is InChI=1S/C14H16N4OS/c1-18-7-5-10-3-4-11(9-12(10)18)15-14-16-13(17-20-14)6-8-19-2/h3-5,7,9H,6,8H2,1-2H3,(H,15,16,17). The van der Waals surface area contributed by atoms with E-state index in [2.05, 4.69) is 49.7 Å². The van der Waals surface area contributed by atoms with Gasteiger partial charge in [0, 0.05) is 49.5 Å². The second-order valence-electron chi connectivity index (χ2n) is 4.58. The van der Waals surface area contributed by atoms with Gasteiger partial charge in [-0.1, -0.05) is 6.07 Å². The van der Waals surface area contributed by atoms with Crippen LogP contribution in [-0.4, -0.2) is 27.6 Å². The van der Waals surface area contributed by atoms with Gasteiger partial charge in [0.2, 0.25) is 5.13 Å². The average Bonchev–Trinajstić information content (AvgIpc) is 3.04. The van der Waals surface area contributed by atoms with Crippen molar-refractivity contribution in [1.29, 1.82) is 0 Å². The number of methoxy groups -OCH3 is 1. The zero-order chi connectivity index (χ0) is 13.9. The summed E-state index contributed by atoms with van der Waals surface area (Å²) in [6, 6.07) is 8.38. The summed E-state index contributed by atoms with van der Waals surface area (Å²) in [6.07, 6.45) is 2.80. The van der Waals surface area contributed by atoms with Crippen LogP contribution in [0.15, 0.2) is 30.5 Å². The molecule has 0 atom stereocenters. The molecule has 1 N–H and O–H groups in total. The molecule has 0 aliphatic heterocycles. The van der Waals surface area contributed by atoms with Crippen LogP contribution < -0.4 is 5.32 Å². The molecule has 20 heavy (non-hydrogen) atoms. The van der Waals surface area contributed by atoms with Crippen LogP contribution in [0, 0.1) is 0 Å². The van der Waals surface area contributed by atoms with Crippen LogP contribution in [0.3, 0.4) is 0 Å². The van der Waals surface area contributed by atoms with Crippen LogP contribution in [0.1, 0.15) is 5.82 Å². The maximum absolute atomic E-state index is 5.03. The number of hydrogen-bond acceptors (Lipinski definition) is 5. The van der Waals surface area contributed by atoms with Crippen molar-refractivity contribution >= 4 is 33.3 Å². The van der Waals surface area contributed by atoms with Gasteiger partial charge in [0.1, 0.15) is 5.82 Å². The van der Waals surface area contributed by atoms with Crippen LogP contribution in [0.2, 0.25) is 0 Å². The second-order valence-corrected chi connectivity index (χ2v) is 5.34. The summed E-state index contributed by atoms with van der Waals surface area (Å²) in [5.74, 6) is 0.819. The van der Waals surface area contributed by atoms with Crippen molar-refractivity contribution in [2.75, 3.05) is 19.0 Å². The molecular weight excluding hydrogens is 272 g/mol. The largest absolute Gasteiger partial charge is 0.384 e. The smallest absolute Gasteiger partial charge is 0.207 e. The molecule has 3 rings (SSSR count). The summed E-state index contributed by atoms with van der Waals surface area (Å²) < 4.78 is 11.4. The lowest BCUT2D eigenvalue weighted by atomic mass is 10.2. The van der Waals surface area contributed by atoms with Gasteiger partial charge >= 0.3 is 0 Å². The van der Waals surface area contributed by atoms with Crippen LogP contribution in [0.5, 0.6) is 0 Å². The Balaban J connectivity index is 1.78. The highest BCUT2D eigenvalue weighted by Gasteiger charge is 2.05. The molecule has 0 aliphatic rings. The van der Waals surface area contributed by atoms with E-state index in [1.807, 2.05) is 7.05 Å². The summed E-state index contributed by atoms with van der Waals surface area (Å²) in [5.41, 5.74) is 2.22. The normalized spacial score (nSPS) is 11.1. The van der Waals surface area contributed by atoms with E-state index in [1.165, 1.54) is 22.4 Å². The van der Waals surface area contributed by atoms with E-state index in [0.717, 1.165) is 23.1 Å². The van der Waals surface area contributed by atoms with Crippen molar-refractivity contribution in [2.45, 2.75) is 6.42 Å². The Morgan fingerprint density at radius 3 is 3.10 bits per heavy atom. The lowest BCUT2D eigenvalue weighted by Gasteiger charge is -2.03. The topological polar surface area (TPSA) is 52.0 Å². The predicted molar refractivity (Wildman–Crippen MR) is 81.7 cm³/mol. The number of hydrogen-bond donors (Lipinski definition) is 1. The molecule has 0 fully saturated rings. The predicted octanol–water partition coefficient (Wildman–Crippen LogP) is 2.96. The molecular formula is C14H16N4OS. The molecule has 2 aromatic heterocycles. The molecule has 2 heterocycles. The van der Waals surface area contributed by atoms with Gasteiger partial charge in [-0.25, -0.2) is 4.98 Å². The molecule has 0 unspecified atom stereocenters. The van der Waals surface area contributed by atoms with E-state index in [4.69, 9.17) is 4.74 Å². The summed E-state index contributed by atoms with van der Waals surface area (Å²) >= 11 is 1.37. The van der Waals surface area contributed by atoms with Crippen molar-refractivity contribution in [2.24, 2.45) is 7.05 Å². The number of anilines is 2.